The zero-order valence-electron chi connectivity index (χ0n) is 11.6. The van der Waals surface area contributed by atoms with Gasteiger partial charge < -0.3 is 14.6 Å². The first-order chi connectivity index (χ1) is 8.06. The fourth-order valence-electron chi connectivity index (χ4n) is 1.87. The zero-order valence-corrected chi connectivity index (χ0v) is 11.6. The summed E-state index contributed by atoms with van der Waals surface area (Å²) in [4.78, 5) is 4.37. The Bertz CT molecular complexity index is 322. The second kappa shape index (κ2) is 6.77. The lowest BCUT2D eigenvalue weighted by molar-refractivity contribution is 0.104. The van der Waals surface area contributed by atoms with E-state index in [4.69, 9.17) is 4.74 Å². The van der Waals surface area contributed by atoms with E-state index in [1.165, 1.54) is 0 Å². The molecule has 1 aromatic heterocycles. The van der Waals surface area contributed by atoms with Crippen LogP contribution in [0.5, 0.6) is 0 Å². The zero-order chi connectivity index (χ0) is 12.8. The molecule has 0 radical (unpaired) electrons. The standard InChI is InChI=1S/C13H25N3O/c1-6-17-9-12(10(2)3)15-11(4)13-14-7-8-16(13)5/h7-8,10-12,15H,6,9H2,1-5H3. The van der Waals surface area contributed by atoms with E-state index < -0.39 is 0 Å². The third-order valence-corrected chi connectivity index (χ3v) is 3.02. The molecule has 2 unspecified atom stereocenters. The summed E-state index contributed by atoms with van der Waals surface area (Å²) in [5.41, 5.74) is 0. The number of aromatic nitrogens is 2. The van der Waals surface area contributed by atoms with Crippen LogP contribution in [0.15, 0.2) is 12.4 Å². The lowest BCUT2D eigenvalue weighted by Gasteiger charge is -2.26. The molecule has 4 nitrogen and oxygen atoms in total. The summed E-state index contributed by atoms with van der Waals surface area (Å²) >= 11 is 0. The van der Waals surface area contributed by atoms with Gasteiger partial charge in [-0.2, -0.15) is 0 Å². The van der Waals surface area contributed by atoms with Crippen LogP contribution in [-0.2, 0) is 11.8 Å². The molecule has 0 fully saturated rings. The van der Waals surface area contributed by atoms with Crippen molar-refractivity contribution in [2.75, 3.05) is 13.2 Å². The highest BCUT2D eigenvalue weighted by Gasteiger charge is 2.18. The number of ether oxygens (including phenoxy) is 1. The SMILES string of the molecule is CCOCC(NC(C)c1nccn1C)C(C)C. The molecule has 4 heteroatoms. The molecule has 1 aromatic rings. The summed E-state index contributed by atoms with van der Waals surface area (Å²) in [7, 11) is 2.02. The van der Waals surface area contributed by atoms with Gasteiger partial charge in [-0.3, -0.25) is 0 Å². The van der Waals surface area contributed by atoms with Crippen molar-refractivity contribution in [3.8, 4) is 0 Å². The van der Waals surface area contributed by atoms with Gasteiger partial charge in [-0.15, -0.1) is 0 Å². The second-order valence-electron chi connectivity index (χ2n) is 4.79. The summed E-state index contributed by atoms with van der Waals surface area (Å²) in [5.74, 6) is 1.61. The van der Waals surface area contributed by atoms with Crippen molar-refractivity contribution in [2.24, 2.45) is 13.0 Å². The van der Waals surface area contributed by atoms with Crippen LogP contribution in [-0.4, -0.2) is 28.8 Å². The number of nitrogens with zero attached hydrogens (tertiary/aromatic N) is 2. The van der Waals surface area contributed by atoms with Gasteiger partial charge in [-0.1, -0.05) is 13.8 Å². The molecule has 0 saturated heterocycles. The maximum Gasteiger partial charge on any atom is 0.125 e. The van der Waals surface area contributed by atoms with Crippen LogP contribution in [0, 0.1) is 5.92 Å². The average Bonchev–Trinajstić information content (AvgIpc) is 2.70. The van der Waals surface area contributed by atoms with Gasteiger partial charge in [0.25, 0.3) is 0 Å². The maximum atomic E-state index is 5.52. The fraction of sp³-hybridized carbons (Fsp3) is 0.769. The lowest BCUT2D eigenvalue weighted by atomic mass is 10.0. The molecule has 0 bridgehead atoms. The highest BCUT2D eigenvalue weighted by Crippen LogP contribution is 2.13. The molecule has 1 rings (SSSR count). The summed E-state index contributed by atoms with van der Waals surface area (Å²) in [6, 6.07) is 0.601. The first-order valence-electron chi connectivity index (χ1n) is 6.37. The van der Waals surface area contributed by atoms with Crippen LogP contribution >= 0.6 is 0 Å². The van der Waals surface area contributed by atoms with Crippen LogP contribution in [0.25, 0.3) is 0 Å². The van der Waals surface area contributed by atoms with E-state index in [9.17, 15) is 0 Å². The van der Waals surface area contributed by atoms with E-state index >= 15 is 0 Å². The Morgan fingerprint density at radius 1 is 1.41 bits per heavy atom. The van der Waals surface area contributed by atoms with Gasteiger partial charge in [0, 0.05) is 32.1 Å². The molecular formula is C13H25N3O. The Morgan fingerprint density at radius 2 is 2.12 bits per heavy atom. The molecular weight excluding hydrogens is 214 g/mol. The first kappa shape index (κ1) is 14.2. The van der Waals surface area contributed by atoms with Crippen LogP contribution in [0.1, 0.15) is 39.6 Å². The maximum absolute atomic E-state index is 5.52. The van der Waals surface area contributed by atoms with Crippen LogP contribution in [0.2, 0.25) is 0 Å². The number of hydrogen-bond acceptors (Lipinski definition) is 3. The van der Waals surface area contributed by atoms with E-state index in [-0.39, 0.29) is 6.04 Å². The van der Waals surface area contributed by atoms with Crippen LogP contribution in [0.3, 0.4) is 0 Å². The van der Waals surface area contributed by atoms with Crippen molar-refractivity contribution in [1.82, 2.24) is 14.9 Å². The number of hydrogen-bond donors (Lipinski definition) is 1. The predicted molar refractivity (Wildman–Crippen MR) is 69.9 cm³/mol. The largest absolute Gasteiger partial charge is 0.380 e. The van der Waals surface area contributed by atoms with Gasteiger partial charge in [0.1, 0.15) is 5.82 Å². The Balaban J connectivity index is 2.57. The van der Waals surface area contributed by atoms with E-state index in [1.54, 1.807) is 0 Å². The van der Waals surface area contributed by atoms with Crippen molar-refractivity contribution < 1.29 is 4.74 Å². The fourth-order valence-corrected chi connectivity index (χ4v) is 1.87. The molecule has 1 heterocycles. The van der Waals surface area contributed by atoms with E-state index in [0.717, 1.165) is 19.0 Å². The minimum atomic E-state index is 0.239. The summed E-state index contributed by atoms with van der Waals surface area (Å²) in [5, 5.41) is 3.59. The minimum absolute atomic E-state index is 0.239. The van der Waals surface area contributed by atoms with E-state index in [2.05, 4.69) is 35.6 Å². The van der Waals surface area contributed by atoms with Gasteiger partial charge in [0.2, 0.25) is 0 Å². The van der Waals surface area contributed by atoms with Crippen molar-refractivity contribution in [1.29, 1.82) is 0 Å². The predicted octanol–water partition coefficient (Wildman–Crippen LogP) is 2.13. The summed E-state index contributed by atoms with van der Waals surface area (Å²) in [6.07, 6.45) is 3.81. The van der Waals surface area contributed by atoms with Crippen molar-refractivity contribution in [3.63, 3.8) is 0 Å². The van der Waals surface area contributed by atoms with Crippen LogP contribution in [0.4, 0.5) is 0 Å². The molecule has 0 aliphatic rings. The molecule has 0 aliphatic carbocycles. The Kier molecular flexibility index (Phi) is 5.65. The third-order valence-electron chi connectivity index (χ3n) is 3.02. The first-order valence-corrected chi connectivity index (χ1v) is 6.37. The normalized spacial score (nSPS) is 15.2. The minimum Gasteiger partial charge on any atom is -0.380 e. The summed E-state index contributed by atoms with van der Waals surface area (Å²) < 4.78 is 7.57. The quantitative estimate of drug-likeness (QED) is 0.792. The Morgan fingerprint density at radius 3 is 2.59 bits per heavy atom. The molecule has 1 N–H and O–H groups in total. The molecule has 17 heavy (non-hydrogen) atoms. The van der Waals surface area contributed by atoms with Gasteiger partial charge >= 0.3 is 0 Å². The molecule has 0 saturated carbocycles. The average molecular weight is 239 g/mol. The Labute approximate surface area is 104 Å². The third kappa shape index (κ3) is 4.13. The number of imidazole rings is 1. The second-order valence-corrected chi connectivity index (χ2v) is 4.79. The van der Waals surface area contributed by atoms with Crippen molar-refractivity contribution >= 4 is 0 Å². The molecule has 0 spiro atoms. The van der Waals surface area contributed by atoms with E-state index in [0.29, 0.717) is 12.0 Å². The van der Waals surface area contributed by atoms with Crippen LogP contribution < -0.4 is 5.32 Å². The highest BCUT2D eigenvalue weighted by molar-refractivity contribution is 4.98. The summed E-state index contributed by atoms with van der Waals surface area (Å²) in [6.45, 7) is 10.1. The van der Waals surface area contributed by atoms with Gasteiger partial charge in [0.15, 0.2) is 0 Å². The smallest absolute Gasteiger partial charge is 0.125 e. The topological polar surface area (TPSA) is 39.1 Å². The molecule has 0 aliphatic heterocycles. The molecule has 0 aromatic carbocycles. The lowest BCUT2D eigenvalue weighted by Crippen LogP contribution is -2.40. The van der Waals surface area contributed by atoms with Gasteiger partial charge in [-0.05, 0) is 19.8 Å². The van der Waals surface area contributed by atoms with Crippen molar-refractivity contribution in [3.05, 3.63) is 18.2 Å². The Hall–Kier alpha value is -0.870. The molecule has 98 valence electrons. The number of nitrogens with one attached hydrogen (secondary N) is 1. The van der Waals surface area contributed by atoms with Gasteiger partial charge in [0.05, 0.1) is 12.6 Å². The monoisotopic (exact) mass is 239 g/mol. The molecule has 2 atom stereocenters. The molecule has 0 amide bonds. The number of aryl methyl sites for hydroxylation is 1. The van der Waals surface area contributed by atoms with Gasteiger partial charge in [-0.25, -0.2) is 4.98 Å². The highest BCUT2D eigenvalue weighted by atomic mass is 16.5. The number of rotatable bonds is 7. The van der Waals surface area contributed by atoms with E-state index in [1.807, 2.05) is 26.4 Å². The van der Waals surface area contributed by atoms with Crippen molar-refractivity contribution in [2.45, 2.75) is 39.8 Å².